The maximum Gasteiger partial charge on any atom is 0.283 e. The molecule has 1 amide bonds. The van der Waals surface area contributed by atoms with Crippen LogP contribution in [-0.4, -0.2) is 47.3 Å². The van der Waals surface area contributed by atoms with Gasteiger partial charge in [-0.2, -0.15) is 15.1 Å². The Balaban J connectivity index is 1.28. The Hall–Kier alpha value is -3.89. The van der Waals surface area contributed by atoms with Crippen LogP contribution in [0.4, 0.5) is 0 Å². The van der Waals surface area contributed by atoms with Crippen molar-refractivity contribution in [2.75, 3.05) is 20.3 Å². The number of carbonyl (C=O) groups is 1. The van der Waals surface area contributed by atoms with Gasteiger partial charge in [0.15, 0.2) is 17.3 Å². The van der Waals surface area contributed by atoms with E-state index in [-0.39, 0.29) is 11.4 Å². The zero-order chi connectivity index (χ0) is 25.1. The molecule has 0 unspecified atom stereocenters. The maximum absolute atomic E-state index is 12.7. The largest absolute Gasteiger partial charge is 0.493 e. The van der Waals surface area contributed by atoms with E-state index in [1.54, 1.807) is 42.7 Å². The number of nitrogens with zero attached hydrogens (tertiary/aromatic N) is 3. The van der Waals surface area contributed by atoms with E-state index in [4.69, 9.17) is 19.6 Å². The molecule has 0 saturated carbocycles. The molecule has 3 heterocycles. The second-order valence-electron chi connectivity index (χ2n) is 7.83. The minimum Gasteiger partial charge on any atom is -0.493 e. The second kappa shape index (κ2) is 10.4. The number of hydrogen-bond donors (Lipinski definition) is 1. The van der Waals surface area contributed by atoms with Crippen molar-refractivity contribution in [2.24, 2.45) is 10.1 Å². The molecule has 1 aromatic heterocycles. The van der Waals surface area contributed by atoms with E-state index in [2.05, 4.69) is 10.1 Å². The number of fused-ring (bicyclic) bond motifs is 1. The quantitative estimate of drug-likeness (QED) is 0.326. The second-order valence-corrected chi connectivity index (χ2v) is 9.73. The number of ether oxygens (including phenoxy) is 3. The number of carbonyl (C=O) groups excluding carboxylic acids is 1. The standard InChI is InChI=1S/C26H22N4O4S2/c1-16-5-3-6-18(13-16)33-10-11-34-20-9-8-17(15-21(20)32-2)14-19-23(27)30-26(28-24(19)31)36-25(29-30)22-7-4-12-35-22/h3-9,12-15,27H,10-11H2,1-2H3/b19-14-,27-23?. The van der Waals surface area contributed by atoms with Crippen LogP contribution in [0, 0.1) is 12.3 Å². The minimum atomic E-state index is -0.478. The normalized spacial score (nSPS) is 16.1. The summed E-state index contributed by atoms with van der Waals surface area (Å²) in [5.74, 6) is 1.36. The molecule has 0 aliphatic carbocycles. The third kappa shape index (κ3) is 5.05. The van der Waals surface area contributed by atoms with Crippen LogP contribution in [0.1, 0.15) is 16.0 Å². The van der Waals surface area contributed by atoms with Crippen molar-refractivity contribution in [3.63, 3.8) is 0 Å². The van der Waals surface area contributed by atoms with Crippen LogP contribution >= 0.6 is 23.1 Å². The summed E-state index contributed by atoms with van der Waals surface area (Å²) in [5, 5.41) is 17.5. The highest BCUT2D eigenvalue weighted by Gasteiger charge is 2.36. The number of rotatable bonds is 8. The fraction of sp³-hybridized carbons (Fsp3) is 0.154. The molecule has 0 atom stereocenters. The lowest BCUT2D eigenvalue weighted by Gasteiger charge is -2.20. The van der Waals surface area contributed by atoms with Crippen molar-refractivity contribution in [1.82, 2.24) is 5.01 Å². The van der Waals surface area contributed by atoms with Crippen molar-refractivity contribution in [3.8, 4) is 17.2 Å². The lowest BCUT2D eigenvalue weighted by atomic mass is 10.1. The van der Waals surface area contributed by atoms with E-state index in [0.29, 0.717) is 35.4 Å². The summed E-state index contributed by atoms with van der Waals surface area (Å²) in [7, 11) is 1.55. The van der Waals surface area contributed by atoms with Crippen molar-refractivity contribution >= 4 is 51.1 Å². The molecule has 2 aliphatic heterocycles. The minimum absolute atomic E-state index is 0.0170. The van der Waals surface area contributed by atoms with E-state index >= 15 is 0 Å². The highest BCUT2D eigenvalue weighted by atomic mass is 32.2. The Labute approximate surface area is 216 Å². The van der Waals surface area contributed by atoms with Crippen molar-refractivity contribution in [3.05, 3.63) is 81.6 Å². The van der Waals surface area contributed by atoms with Gasteiger partial charge in [0, 0.05) is 0 Å². The number of benzene rings is 2. The third-order valence-corrected chi connectivity index (χ3v) is 7.23. The number of thioether (sulfide) groups is 1. The number of thiophene rings is 1. The molecular formula is C26H22N4O4S2. The zero-order valence-electron chi connectivity index (χ0n) is 19.6. The van der Waals surface area contributed by atoms with Gasteiger partial charge in [-0.25, -0.2) is 0 Å². The molecule has 0 bridgehead atoms. The fourth-order valence-electron chi connectivity index (χ4n) is 3.57. The Kier molecular flexibility index (Phi) is 6.88. The number of aryl methyl sites for hydroxylation is 1. The summed E-state index contributed by atoms with van der Waals surface area (Å²) in [5.41, 5.74) is 1.96. The topological polar surface area (TPSA) is 96.6 Å². The summed E-state index contributed by atoms with van der Waals surface area (Å²) in [6.45, 7) is 2.73. The van der Waals surface area contributed by atoms with Crippen LogP contribution < -0.4 is 14.2 Å². The van der Waals surface area contributed by atoms with E-state index in [9.17, 15) is 4.79 Å². The molecule has 8 nitrogen and oxygen atoms in total. The van der Waals surface area contributed by atoms with Gasteiger partial charge in [0.2, 0.25) is 5.17 Å². The molecule has 36 heavy (non-hydrogen) atoms. The molecule has 5 rings (SSSR count). The first-order chi connectivity index (χ1) is 17.5. The van der Waals surface area contributed by atoms with Crippen LogP contribution in [-0.2, 0) is 4.79 Å². The predicted molar refractivity (Wildman–Crippen MR) is 144 cm³/mol. The van der Waals surface area contributed by atoms with Gasteiger partial charge >= 0.3 is 0 Å². The number of nitrogens with one attached hydrogen (secondary N) is 1. The Morgan fingerprint density at radius 2 is 1.92 bits per heavy atom. The van der Waals surface area contributed by atoms with Crippen LogP contribution in [0.15, 0.2) is 75.6 Å². The van der Waals surface area contributed by atoms with E-state index in [1.807, 2.05) is 48.7 Å². The number of methoxy groups -OCH3 is 1. The van der Waals surface area contributed by atoms with Crippen molar-refractivity contribution < 1.29 is 19.0 Å². The van der Waals surface area contributed by atoms with Crippen molar-refractivity contribution in [2.45, 2.75) is 6.92 Å². The number of hydrazone groups is 1. The highest BCUT2D eigenvalue weighted by molar-refractivity contribution is 8.27. The number of amidine groups is 2. The monoisotopic (exact) mass is 518 g/mol. The van der Waals surface area contributed by atoms with Gasteiger partial charge in [0.05, 0.1) is 17.6 Å². The van der Waals surface area contributed by atoms with Gasteiger partial charge in [0.1, 0.15) is 24.0 Å². The van der Waals surface area contributed by atoms with Crippen LogP contribution in [0.2, 0.25) is 0 Å². The SMILES string of the molecule is COc1cc(/C=C2/C(=N)N3N=C(c4cccs4)SC3=NC2=O)ccc1OCCOc1cccc(C)c1. The first kappa shape index (κ1) is 23.8. The highest BCUT2D eigenvalue weighted by Crippen LogP contribution is 2.33. The summed E-state index contributed by atoms with van der Waals surface area (Å²) >= 11 is 2.83. The summed E-state index contributed by atoms with van der Waals surface area (Å²) < 4.78 is 17.1. The number of aliphatic imine (C=N–C) groups is 1. The molecule has 0 spiro atoms. The number of amides is 1. The third-order valence-electron chi connectivity index (χ3n) is 5.28. The fourth-order valence-corrected chi connectivity index (χ4v) is 5.25. The molecule has 182 valence electrons. The zero-order valence-corrected chi connectivity index (χ0v) is 21.2. The molecule has 3 aromatic rings. The van der Waals surface area contributed by atoms with Crippen molar-refractivity contribution in [1.29, 1.82) is 5.41 Å². The predicted octanol–water partition coefficient (Wildman–Crippen LogP) is 5.19. The van der Waals surface area contributed by atoms with E-state index in [0.717, 1.165) is 21.2 Å². The molecule has 0 fully saturated rings. The summed E-state index contributed by atoms with van der Waals surface area (Å²) in [6, 6.07) is 17.0. The number of hydrogen-bond acceptors (Lipinski definition) is 8. The smallest absolute Gasteiger partial charge is 0.283 e. The molecule has 0 saturated heterocycles. The average molecular weight is 519 g/mol. The van der Waals surface area contributed by atoms with E-state index in [1.165, 1.54) is 16.8 Å². The van der Waals surface area contributed by atoms with Crippen LogP contribution in [0.25, 0.3) is 6.08 Å². The maximum atomic E-state index is 12.7. The van der Waals surface area contributed by atoms with Gasteiger partial charge in [0.25, 0.3) is 5.91 Å². The Morgan fingerprint density at radius 1 is 1.06 bits per heavy atom. The first-order valence-corrected chi connectivity index (χ1v) is 12.8. The van der Waals surface area contributed by atoms with Gasteiger partial charge in [-0.3, -0.25) is 10.2 Å². The molecule has 1 N–H and O–H groups in total. The Bertz CT molecular complexity index is 1410. The van der Waals surface area contributed by atoms with Crippen LogP contribution in [0.5, 0.6) is 17.2 Å². The average Bonchev–Trinajstić information content (AvgIpc) is 3.55. The lowest BCUT2D eigenvalue weighted by Crippen LogP contribution is -2.35. The molecule has 2 aliphatic rings. The molecule has 10 heteroatoms. The first-order valence-electron chi connectivity index (χ1n) is 11.1. The van der Waals surface area contributed by atoms with Gasteiger partial charge in [-0.05, 0) is 71.6 Å². The van der Waals surface area contributed by atoms with Gasteiger partial charge < -0.3 is 14.2 Å². The molecular weight excluding hydrogens is 496 g/mol. The Morgan fingerprint density at radius 3 is 2.69 bits per heavy atom. The van der Waals surface area contributed by atoms with Gasteiger partial charge in [-0.15, -0.1) is 11.3 Å². The molecule has 0 radical (unpaired) electrons. The van der Waals surface area contributed by atoms with E-state index < -0.39 is 5.91 Å². The molecule has 2 aromatic carbocycles. The summed E-state index contributed by atoms with van der Waals surface area (Å²) in [6.07, 6.45) is 1.61. The summed E-state index contributed by atoms with van der Waals surface area (Å²) in [4.78, 5) is 17.8. The van der Waals surface area contributed by atoms with Crippen LogP contribution in [0.3, 0.4) is 0 Å². The lowest BCUT2D eigenvalue weighted by molar-refractivity contribution is -0.114. The van der Waals surface area contributed by atoms with Gasteiger partial charge in [-0.1, -0.05) is 24.3 Å².